The molecule has 9 heterocycles. The van der Waals surface area contributed by atoms with Crippen LogP contribution in [-0.4, -0.2) is 58.6 Å². The molecular formula is C117H72N12O3. The first-order valence-electron chi connectivity index (χ1n) is 43.9. The Hall–Kier alpha value is -18.2. The van der Waals surface area contributed by atoms with E-state index in [2.05, 4.69) is 250 Å². The smallest absolute Gasteiger partial charge is 0.167 e. The molecule has 0 aliphatic carbocycles. The molecule has 0 N–H and O–H groups in total. The molecule has 15 heteroatoms. The van der Waals surface area contributed by atoms with Gasteiger partial charge < -0.3 is 27.0 Å². The van der Waals surface area contributed by atoms with Crippen molar-refractivity contribution in [3.05, 3.63) is 437 Å². The van der Waals surface area contributed by atoms with Gasteiger partial charge in [-0.1, -0.05) is 291 Å². The van der Waals surface area contributed by atoms with Crippen LogP contribution < -0.4 is 0 Å². The van der Waals surface area contributed by atoms with Crippen LogP contribution in [0.15, 0.2) is 450 Å². The quantitative estimate of drug-likeness (QED) is 0.114. The average molecular weight is 1690 g/mol. The number of hydrogen-bond acceptors (Lipinski definition) is 12. The second-order valence-corrected chi connectivity index (χ2v) is 32.6. The van der Waals surface area contributed by atoms with Crippen LogP contribution in [0.25, 0.3) is 251 Å². The Kier molecular flexibility index (Phi) is 18.5. The summed E-state index contributed by atoms with van der Waals surface area (Å²) < 4.78 is 25.6. The normalized spacial score (nSPS) is 11.6. The van der Waals surface area contributed by atoms with Crippen LogP contribution in [0, 0.1) is 0 Å². The fourth-order valence-corrected chi connectivity index (χ4v) is 18.7. The zero-order valence-electron chi connectivity index (χ0n) is 70.7. The summed E-state index contributed by atoms with van der Waals surface area (Å²) in [6.07, 6.45) is 0. The van der Waals surface area contributed by atoms with Gasteiger partial charge in [0.2, 0.25) is 0 Å². The molecule has 618 valence electrons. The minimum absolute atomic E-state index is 0.571. The highest BCUT2D eigenvalue weighted by Crippen LogP contribution is 2.44. The molecule has 0 fully saturated rings. The molecule has 0 radical (unpaired) electrons. The second-order valence-electron chi connectivity index (χ2n) is 32.6. The molecule has 18 aromatic carbocycles. The third-order valence-electron chi connectivity index (χ3n) is 24.8. The Morgan fingerprint density at radius 3 is 0.924 bits per heavy atom. The van der Waals surface area contributed by atoms with Gasteiger partial charge in [-0.15, -0.1) is 0 Å². The number of para-hydroxylation sites is 10. The number of benzene rings is 18. The molecule has 27 aromatic rings. The number of furan rings is 3. The van der Waals surface area contributed by atoms with Crippen molar-refractivity contribution in [3.8, 4) is 120 Å². The van der Waals surface area contributed by atoms with E-state index in [0.717, 1.165) is 177 Å². The van der Waals surface area contributed by atoms with Crippen molar-refractivity contribution in [1.29, 1.82) is 0 Å². The van der Waals surface area contributed by atoms with Gasteiger partial charge in [-0.05, 0) is 146 Å². The van der Waals surface area contributed by atoms with Crippen LogP contribution in [-0.2, 0) is 0 Å². The summed E-state index contributed by atoms with van der Waals surface area (Å²) in [5.41, 5.74) is 23.4. The summed E-state index contributed by atoms with van der Waals surface area (Å²) in [7, 11) is 0. The molecule has 0 saturated heterocycles. The molecule has 0 atom stereocenters. The van der Waals surface area contributed by atoms with Gasteiger partial charge in [0.25, 0.3) is 0 Å². The Balaban J connectivity index is 0.000000106. The minimum atomic E-state index is 0.571. The van der Waals surface area contributed by atoms with E-state index in [-0.39, 0.29) is 0 Å². The molecule has 0 saturated carbocycles. The topological polar surface area (TPSA) is 170 Å². The lowest BCUT2D eigenvalue weighted by Gasteiger charge is -2.10. The number of hydrogen-bond donors (Lipinski definition) is 0. The predicted octanol–water partition coefficient (Wildman–Crippen LogP) is 29.6. The van der Waals surface area contributed by atoms with Gasteiger partial charge in [-0.3, -0.25) is 0 Å². The maximum Gasteiger partial charge on any atom is 0.167 e. The lowest BCUT2D eigenvalue weighted by molar-refractivity contribution is 0.668. The molecule has 0 bridgehead atoms. The molecule has 27 rings (SSSR count). The SMILES string of the molecule is c1ccc(-c2nc(-c3ccc4c(c3)c3ccccc3n4-c3ccccc3)nc(-c3cccc4oc5ccccc5c34)n2)cc1.c1ccc(-c2nc(-c3ccc4c5ccccc5n(-c5ccccc5)c4c3)nc(-c3cccc4c3oc3ccccc34)n2)cc1.c1ccc(-c2nc(-c3ccc4oc5ccccc5c4c3)nc(-c3ccc4c(c3)c3ccccc3n4-c3ccccc3)n2)cc1. The van der Waals surface area contributed by atoms with Gasteiger partial charge in [0.05, 0.1) is 38.7 Å². The first kappa shape index (κ1) is 76.2. The number of nitrogens with zero attached hydrogens (tertiary/aromatic N) is 12. The summed E-state index contributed by atoms with van der Waals surface area (Å²) in [5.74, 6) is 5.53. The molecule has 0 unspecified atom stereocenters. The van der Waals surface area contributed by atoms with Gasteiger partial charge in [-0.2, -0.15) is 0 Å². The van der Waals surface area contributed by atoms with E-state index in [9.17, 15) is 0 Å². The van der Waals surface area contributed by atoms with Gasteiger partial charge in [-0.25, -0.2) is 44.9 Å². The molecule has 15 nitrogen and oxygen atoms in total. The lowest BCUT2D eigenvalue weighted by atomic mass is 10.1. The summed E-state index contributed by atoms with van der Waals surface area (Å²) in [6, 6.07) is 149. The van der Waals surface area contributed by atoms with Gasteiger partial charge >= 0.3 is 0 Å². The second kappa shape index (κ2) is 32.0. The van der Waals surface area contributed by atoms with Crippen molar-refractivity contribution in [2.45, 2.75) is 0 Å². The Morgan fingerprint density at radius 1 is 0.152 bits per heavy atom. The number of rotatable bonds is 12. The van der Waals surface area contributed by atoms with Crippen molar-refractivity contribution in [3.63, 3.8) is 0 Å². The summed E-state index contributed by atoms with van der Waals surface area (Å²) in [4.78, 5) is 45.3. The monoisotopic (exact) mass is 1690 g/mol. The van der Waals surface area contributed by atoms with Gasteiger partial charge in [0.15, 0.2) is 52.4 Å². The van der Waals surface area contributed by atoms with Crippen LogP contribution in [0.2, 0.25) is 0 Å². The maximum atomic E-state index is 6.38. The predicted molar refractivity (Wildman–Crippen MR) is 533 cm³/mol. The summed E-state index contributed by atoms with van der Waals surface area (Å²) >= 11 is 0. The van der Waals surface area contributed by atoms with E-state index in [1.54, 1.807) is 0 Å². The van der Waals surface area contributed by atoms with Crippen molar-refractivity contribution < 1.29 is 13.3 Å². The Morgan fingerprint density at radius 2 is 0.439 bits per heavy atom. The van der Waals surface area contributed by atoms with Crippen LogP contribution in [0.1, 0.15) is 0 Å². The van der Waals surface area contributed by atoms with Gasteiger partial charge in [0, 0.05) is 126 Å². The largest absolute Gasteiger partial charge is 0.456 e. The average Bonchev–Trinajstić information content (AvgIpc) is 1.59. The van der Waals surface area contributed by atoms with Crippen molar-refractivity contribution in [1.82, 2.24) is 58.6 Å². The fourth-order valence-electron chi connectivity index (χ4n) is 18.7. The molecule has 0 spiro atoms. The zero-order valence-corrected chi connectivity index (χ0v) is 70.7. The third-order valence-corrected chi connectivity index (χ3v) is 24.8. The van der Waals surface area contributed by atoms with Gasteiger partial charge in [0.1, 0.15) is 33.5 Å². The lowest BCUT2D eigenvalue weighted by Crippen LogP contribution is -2.00. The van der Waals surface area contributed by atoms with Crippen LogP contribution >= 0.6 is 0 Å². The molecular weight excluding hydrogens is 1620 g/mol. The van der Waals surface area contributed by atoms with Crippen molar-refractivity contribution in [2.24, 2.45) is 0 Å². The van der Waals surface area contributed by atoms with Crippen molar-refractivity contribution >= 4 is 131 Å². The molecule has 9 aromatic heterocycles. The highest BCUT2D eigenvalue weighted by molar-refractivity contribution is 6.16. The third kappa shape index (κ3) is 13.4. The standard InChI is InChI=1S/3C39H24N4O/c1-3-12-25(13-4-1)37-40-38(42-39(41-37)32-19-11-18-31-30-17-8-10-21-35(30)44-36(31)32)26-22-23-29-28-16-7-9-20-33(28)43(34(29)24-26)27-14-5-2-6-15-27;1-3-12-25(13-4-1)37-40-38(42-39(41-37)30-18-11-21-35-36(30)29-17-8-10-20-34(29)44-35)26-22-23-33-31(24-26)28-16-7-9-19-32(28)43(33)27-14-5-2-6-15-27;1-3-11-25(12-4-1)37-40-38(42-39(41-37)27-20-22-36-32(24-27)30-16-8-10-18-35(30)44-36)26-19-21-34-31(23-26)29-15-7-9-17-33(29)43(34)28-13-5-2-6-14-28/h3*1-24H. The number of fused-ring (bicyclic) bond motifs is 18. The van der Waals surface area contributed by atoms with E-state index < -0.39 is 0 Å². The Bertz CT molecular complexity index is 9170. The first-order chi connectivity index (χ1) is 65.4. The first-order valence-corrected chi connectivity index (χ1v) is 43.9. The van der Waals surface area contributed by atoms with E-state index in [4.69, 9.17) is 58.1 Å². The summed E-state index contributed by atoms with van der Waals surface area (Å²) in [6.45, 7) is 0. The van der Waals surface area contributed by atoms with E-state index in [1.807, 2.05) is 200 Å². The minimum Gasteiger partial charge on any atom is -0.456 e. The zero-order chi connectivity index (χ0) is 87.1. The number of aromatic nitrogens is 12. The highest BCUT2D eigenvalue weighted by atomic mass is 16.3. The van der Waals surface area contributed by atoms with Crippen LogP contribution in [0.3, 0.4) is 0 Å². The molecule has 0 amide bonds. The maximum absolute atomic E-state index is 6.38. The molecule has 132 heavy (non-hydrogen) atoms. The summed E-state index contributed by atoms with van der Waals surface area (Å²) in [5, 5.41) is 13.3. The molecule has 0 aliphatic heterocycles. The van der Waals surface area contributed by atoms with E-state index >= 15 is 0 Å². The van der Waals surface area contributed by atoms with E-state index in [1.165, 1.54) is 21.5 Å². The van der Waals surface area contributed by atoms with E-state index in [0.29, 0.717) is 52.4 Å². The molecule has 0 aliphatic rings. The fraction of sp³-hybridized carbons (Fsp3) is 0. The van der Waals surface area contributed by atoms with Crippen molar-refractivity contribution in [2.75, 3.05) is 0 Å². The Labute approximate surface area is 754 Å². The van der Waals surface area contributed by atoms with Crippen LogP contribution in [0.4, 0.5) is 0 Å². The highest BCUT2D eigenvalue weighted by Gasteiger charge is 2.25. The van der Waals surface area contributed by atoms with Crippen LogP contribution in [0.5, 0.6) is 0 Å².